The lowest BCUT2D eigenvalue weighted by molar-refractivity contribution is -0.117. The summed E-state index contributed by atoms with van der Waals surface area (Å²) in [5.41, 5.74) is 4.45. The highest BCUT2D eigenvalue weighted by molar-refractivity contribution is 7.19. The molecule has 7 heteroatoms. The van der Waals surface area contributed by atoms with Crippen LogP contribution in [0.4, 0.5) is 5.69 Å². The number of carbonyl (C=O) groups is 1. The summed E-state index contributed by atoms with van der Waals surface area (Å²) in [5.74, 6) is -0.315. The monoisotopic (exact) mass is 404 g/mol. The number of nitrogens with zero attached hydrogens (tertiary/aromatic N) is 3. The molecule has 6 nitrogen and oxygen atoms in total. The summed E-state index contributed by atoms with van der Waals surface area (Å²) < 4.78 is 1.94. The molecule has 4 aromatic rings. The number of aromatic nitrogens is 3. The molecule has 0 saturated heterocycles. The van der Waals surface area contributed by atoms with Gasteiger partial charge in [0.25, 0.3) is 5.56 Å². The molecule has 1 N–H and O–H groups in total. The molecular weight excluding hydrogens is 384 g/mol. The summed E-state index contributed by atoms with van der Waals surface area (Å²) in [6.45, 7) is 5.67. The van der Waals surface area contributed by atoms with E-state index in [-0.39, 0.29) is 18.0 Å². The van der Waals surface area contributed by atoms with E-state index in [1.807, 2.05) is 69.3 Å². The van der Waals surface area contributed by atoms with Gasteiger partial charge in [0.1, 0.15) is 12.2 Å². The molecular formula is C22H20N4O2S. The van der Waals surface area contributed by atoms with Crippen LogP contribution in [0, 0.1) is 20.8 Å². The van der Waals surface area contributed by atoms with E-state index in [1.165, 1.54) is 16.0 Å². The van der Waals surface area contributed by atoms with Gasteiger partial charge in [0, 0.05) is 11.3 Å². The maximum atomic E-state index is 12.9. The lowest BCUT2D eigenvalue weighted by atomic mass is 10.1. The van der Waals surface area contributed by atoms with E-state index >= 15 is 0 Å². The zero-order chi connectivity index (χ0) is 20.5. The van der Waals surface area contributed by atoms with Crippen LogP contribution in [0.5, 0.6) is 0 Å². The molecule has 0 bridgehead atoms. The van der Waals surface area contributed by atoms with Crippen LogP contribution in [0.2, 0.25) is 0 Å². The van der Waals surface area contributed by atoms with Gasteiger partial charge < -0.3 is 5.32 Å². The van der Waals surface area contributed by atoms with Crippen LogP contribution in [-0.2, 0) is 11.3 Å². The molecule has 29 heavy (non-hydrogen) atoms. The van der Waals surface area contributed by atoms with Crippen molar-refractivity contribution in [2.45, 2.75) is 27.3 Å². The van der Waals surface area contributed by atoms with Crippen LogP contribution in [0.25, 0.3) is 21.5 Å². The summed E-state index contributed by atoms with van der Waals surface area (Å²) in [6, 6.07) is 15.4. The second-order valence-electron chi connectivity index (χ2n) is 7.00. The van der Waals surface area contributed by atoms with Crippen molar-refractivity contribution in [1.29, 1.82) is 0 Å². The van der Waals surface area contributed by atoms with E-state index in [0.717, 1.165) is 26.4 Å². The number of amides is 1. The standard InChI is InChI=1S/C22H20N4O2S/c1-13-4-8-16(9-5-13)19-21-20(23-15(3)29-21)22(28)26(25-19)12-18(27)24-17-10-6-14(2)7-11-17/h4-11H,12H2,1-3H3,(H,24,27). The Morgan fingerprint density at radius 1 is 1.00 bits per heavy atom. The molecule has 0 aliphatic heterocycles. The molecule has 0 unspecified atom stereocenters. The van der Waals surface area contributed by atoms with Gasteiger partial charge in [-0.05, 0) is 32.9 Å². The third-order valence-electron chi connectivity index (χ3n) is 4.56. The first-order chi connectivity index (χ1) is 13.9. The third-order valence-corrected chi connectivity index (χ3v) is 5.54. The van der Waals surface area contributed by atoms with Gasteiger partial charge in [0.2, 0.25) is 5.91 Å². The maximum absolute atomic E-state index is 12.9. The summed E-state index contributed by atoms with van der Waals surface area (Å²) in [7, 11) is 0. The van der Waals surface area contributed by atoms with Gasteiger partial charge in [0.15, 0.2) is 5.52 Å². The second-order valence-corrected chi connectivity index (χ2v) is 8.21. The molecule has 2 heterocycles. The smallest absolute Gasteiger partial charge is 0.294 e. The average Bonchev–Trinajstić information content (AvgIpc) is 3.09. The van der Waals surface area contributed by atoms with E-state index in [1.54, 1.807) is 0 Å². The number of hydrogen-bond acceptors (Lipinski definition) is 5. The fourth-order valence-corrected chi connectivity index (χ4v) is 3.96. The lowest BCUT2D eigenvalue weighted by Crippen LogP contribution is -2.30. The fourth-order valence-electron chi connectivity index (χ4n) is 3.05. The summed E-state index contributed by atoms with van der Waals surface area (Å²) in [6.07, 6.45) is 0. The molecule has 0 atom stereocenters. The third kappa shape index (κ3) is 3.95. The van der Waals surface area contributed by atoms with Crippen LogP contribution in [0.15, 0.2) is 53.3 Å². The molecule has 146 valence electrons. The van der Waals surface area contributed by atoms with Crippen molar-refractivity contribution in [3.63, 3.8) is 0 Å². The summed E-state index contributed by atoms with van der Waals surface area (Å²) >= 11 is 1.44. The van der Waals surface area contributed by atoms with Crippen molar-refractivity contribution in [1.82, 2.24) is 14.8 Å². The molecule has 2 aromatic carbocycles. The molecule has 0 saturated carbocycles. The van der Waals surface area contributed by atoms with Gasteiger partial charge >= 0.3 is 0 Å². The van der Waals surface area contributed by atoms with E-state index in [2.05, 4.69) is 15.4 Å². The average molecular weight is 404 g/mol. The highest BCUT2D eigenvalue weighted by Crippen LogP contribution is 2.29. The number of benzene rings is 2. The largest absolute Gasteiger partial charge is 0.324 e. The Bertz CT molecular complexity index is 1260. The van der Waals surface area contributed by atoms with Crippen molar-refractivity contribution < 1.29 is 4.79 Å². The number of carbonyl (C=O) groups excluding carboxylic acids is 1. The molecule has 0 fully saturated rings. The quantitative estimate of drug-likeness (QED) is 0.556. The molecule has 1 amide bonds. The predicted octanol–water partition coefficient (Wildman–Crippen LogP) is 4.08. The van der Waals surface area contributed by atoms with E-state index in [9.17, 15) is 9.59 Å². The van der Waals surface area contributed by atoms with Crippen LogP contribution >= 0.6 is 11.3 Å². The molecule has 0 radical (unpaired) electrons. The Morgan fingerprint density at radius 2 is 1.62 bits per heavy atom. The molecule has 0 aliphatic carbocycles. The van der Waals surface area contributed by atoms with Crippen LogP contribution < -0.4 is 10.9 Å². The van der Waals surface area contributed by atoms with Gasteiger partial charge in [-0.1, -0.05) is 47.5 Å². The number of rotatable bonds is 4. The molecule has 0 aliphatic rings. The number of hydrogen-bond donors (Lipinski definition) is 1. The van der Waals surface area contributed by atoms with Gasteiger partial charge in [0.05, 0.1) is 9.71 Å². The Morgan fingerprint density at radius 3 is 2.28 bits per heavy atom. The Hall–Kier alpha value is -3.32. The SMILES string of the molecule is Cc1ccc(NC(=O)Cn2nc(-c3ccc(C)cc3)c3sc(C)nc3c2=O)cc1. The van der Waals surface area contributed by atoms with Crippen molar-refractivity contribution in [3.8, 4) is 11.3 Å². The molecule has 0 spiro atoms. The Balaban J connectivity index is 1.73. The van der Waals surface area contributed by atoms with Gasteiger partial charge in [-0.25, -0.2) is 9.67 Å². The van der Waals surface area contributed by atoms with Crippen molar-refractivity contribution in [3.05, 3.63) is 75.0 Å². The number of anilines is 1. The second kappa shape index (κ2) is 7.60. The van der Waals surface area contributed by atoms with Crippen molar-refractivity contribution >= 4 is 33.1 Å². The highest BCUT2D eigenvalue weighted by atomic mass is 32.1. The molecule has 4 rings (SSSR count). The minimum Gasteiger partial charge on any atom is -0.324 e. The van der Waals surface area contributed by atoms with E-state index in [0.29, 0.717) is 16.9 Å². The van der Waals surface area contributed by atoms with Crippen molar-refractivity contribution in [2.24, 2.45) is 0 Å². The van der Waals surface area contributed by atoms with Crippen LogP contribution in [-0.4, -0.2) is 20.7 Å². The highest BCUT2D eigenvalue weighted by Gasteiger charge is 2.18. The first-order valence-electron chi connectivity index (χ1n) is 9.22. The predicted molar refractivity (Wildman–Crippen MR) is 116 cm³/mol. The zero-order valence-electron chi connectivity index (χ0n) is 16.4. The van der Waals surface area contributed by atoms with Crippen LogP contribution in [0.3, 0.4) is 0 Å². The summed E-state index contributed by atoms with van der Waals surface area (Å²) in [5, 5.41) is 8.12. The Kier molecular flexibility index (Phi) is 4.98. The first kappa shape index (κ1) is 19.0. The first-order valence-corrected chi connectivity index (χ1v) is 10.0. The minimum atomic E-state index is -0.362. The van der Waals surface area contributed by atoms with Gasteiger partial charge in [-0.15, -0.1) is 11.3 Å². The van der Waals surface area contributed by atoms with Gasteiger partial charge in [-0.2, -0.15) is 5.10 Å². The number of aryl methyl sites for hydroxylation is 3. The summed E-state index contributed by atoms with van der Waals surface area (Å²) in [4.78, 5) is 29.8. The number of fused-ring (bicyclic) bond motifs is 1. The minimum absolute atomic E-state index is 0.182. The van der Waals surface area contributed by atoms with Crippen molar-refractivity contribution in [2.75, 3.05) is 5.32 Å². The van der Waals surface area contributed by atoms with Gasteiger partial charge in [-0.3, -0.25) is 9.59 Å². The zero-order valence-corrected chi connectivity index (χ0v) is 17.2. The fraction of sp³-hybridized carbons (Fsp3) is 0.182. The Labute approximate surface area is 171 Å². The number of nitrogens with one attached hydrogen (secondary N) is 1. The number of thiazole rings is 1. The topological polar surface area (TPSA) is 76.9 Å². The van der Waals surface area contributed by atoms with Crippen LogP contribution in [0.1, 0.15) is 16.1 Å². The maximum Gasteiger partial charge on any atom is 0.294 e. The normalized spacial score (nSPS) is 11.0. The lowest BCUT2D eigenvalue weighted by Gasteiger charge is -2.10. The van der Waals surface area contributed by atoms with E-state index in [4.69, 9.17) is 0 Å². The molecule has 2 aromatic heterocycles. The van der Waals surface area contributed by atoms with E-state index < -0.39 is 0 Å².